The van der Waals surface area contributed by atoms with Crippen LogP contribution in [0.1, 0.15) is 0 Å². The van der Waals surface area contributed by atoms with Crippen LogP contribution in [0.15, 0.2) is 36.4 Å². The first-order chi connectivity index (χ1) is 12.8. The van der Waals surface area contributed by atoms with Gasteiger partial charge in [0.1, 0.15) is 0 Å². The molecule has 2 rings (SSSR count). The molecule has 0 heterocycles. The van der Waals surface area contributed by atoms with E-state index >= 15 is 0 Å². The van der Waals surface area contributed by atoms with E-state index in [1.165, 1.54) is 56.4 Å². The van der Waals surface area contributed by atoms with Crippen LogP contribution in [-0.2, 0) is 0 Å². The zero-order chi connectivity index (χ0) is 20.1. The molecule has 0 atom stereocenters. The minimum atomic E-state index is -0.509. The van der Waals surface area contributed by atoms with E-state index in [1.807, 2.05) is 0 Å². The van der Waals surface area contributed by atoms with Crippen molar-refractivity contribution in [1.29, 1.82) is 0 Å². The molecule has 0 aliphatic rings. The van der Waals surface area contributed by atoms with E-state index in [2.05, 4.69) is 0 Å². The van der Waals surface area contributed by atoms with Gasteiger partial charge in [-0.25, -0.2) is 4.79 Å². The molecule has 2 aromatic carbocycles. The van der Waals surface area contributed by atoms with E-state index in [0.29, 0.717) is 28.6 Å². The Morgan fingerprint density at radius 3 is 1.96 bits per heavy atom. The summed E-state index contributed by atoms with van der Waals surface area (Å²) >= 11 is 0. The predicted octanol–water partition coefficient (Wildman–Crippen LogP) is 3.31. The molecule has 27 heavy (non-hydrogen) atoms. The number of non-ortho nitro benzene ring substituents is 1. The van der Waals surface area contributed by atoms with Gasteiger partial charge in [0.05, 0.1) is 37.6 Å². The highest BCUT2D eigenvalue weighted by Crippen LogP contribution is 2.41. The number of ether oxygens (including phenoxy) is 3. The fourth-order valence-electron chi connectivity index (χ4n) is 2.52. The SMILES string of the molecule is COc1cc(N(C)C(=O)N(C)c2cccc([N+](=O)[O-])c2)cc(OC)c1OC. The third-order valence-corrected chi connectivity index (χ3v) is 4.04. The Balaban J connectivity index is 2.36. The predicted molar refractivity (Wildman–Crippen MR) is 101 cm³/mol. The number of hydrogen-bond donors (Lipinski definition) is 0. The van der Waals surface area contributed by atoms with E-state index in [4.69, 9.17) is 14.2 Å². The number of urea groups is 1. The summed E-state index contributed by atoms with van der Waals surface area (Å²) in [5.41, 5.74) is 0.808. The van der Waals surface area contributed by atoms with Gasteiger partial charge in [0.2, 0.25) is 5.75 Å². The Kier molecular flexibility index (Phi) is 6.07. The van der Waals surface area contributed by atoms with Gasteiger partial charge in [0.25, 0.3) is 5.69 Å². The minimum Gasteiger partial charge on any atom is -0.493 e. The average molecular weight is 375 g/mol. The van der Waals surface area contributed by atoms with Gasteiger partial charge in [-0.05, 0) is 6.07 Å². The molecule has 0 aromatic heterocycles. The number of amides is 2. The number of carbonyl (C=O) groups excluding carboxylic acids is 1. The maximum Gasteiger partial charge on any atom is 0.328 e. The fourth-order valence-corrected chi connectivity index (χ4v) is 2.52. The maximum absolute atomic E-state index is 12.8. The Labute approximate surface area is 156 Å². The van der Waals surface area contributed by atoms with E-state index < -0.39 is 11.0 Å². The Hall–Kier alpha value is -3.49. The molecule has 144 valence electrons. The lowest BCUT2D eigenvalue weighted by Crippen LogP contribution is -2.39. The molecular weight excluding hydrogens is 354 g/mol. The molecule has 0 radical (unpaired) electrons. The highest BCUT2D eigenvalue weighted by Gasteiger charge is 2.22. The Morgan fingerprint density at radius 2 is 1.48 bits per heavy atom. The first-order valence-corrected chi connectivity index (χ1v) is 7.89. The molecule has 0 spiro atoms. The fraction of sp³-hybridized carbons (Fsp3) is 0.278. The van der Waals surface area contributed by atoms with Crippen LogP contribution in [0, 0.1) is 10.1 Å². The number of nitro benzene ring substituents is 1. The van der Waals surface area contributed by atoms with Crippen LogP contribution in [0.4, 0.5) is 21.9 Å². The lowest BCUT2D eigenvalue weighted by molar-refractivity contribution is -0.384. The van der Waals surface area contributed by atoms with Gasteiger partial charge in [-0.3, -0.25) is 19.9 Å². The second-order valence-electron chi connectivity index (χ2n) is 5.56. The zero-order valence-electron chi connectivity index (χ0n) is 15.8. The third kappa shape index (κ3) is 4.02. The number of nitro groups is 1. The van der Waals surface area contributed by atoms with Gasteiger partial charge in [0.15, 0.2) is 11.5 Å². The van der Waals surface area contributed by atoms with Crippen molar-refractivity contribution in [2.24, 2.45) is 0 Å². The van der Waals surface area contributed by atoms with Crippen LogP contribution in [0.3, 0.4) is 0 Å². The largest absolute Gasteiger partial charge is 0.493 e. The van der Waals surface area contributed by atoms with E-state index in [1.54, 1.807) is 25.2 Å². The summed E-state index contributed by atoms with van der Waals surface area (Å²) in [6.07, 6.45) is 0. The summed E-state index contributed by atoms with van der Waals surface area (Å²) in [6, 6.07) is 8.72. The monoisotopic (exact) mass is 375 g/mol. The van der Waals surface area contributed by atoms with E-state index in [-0.39, 0.29) is 5.69 Å². The summed E-state index contributed by atoms with van der Waals surface area (Å²) in [6.45, 7) is 0. The van der Waals surface area contributed by atoms with Crippen LogP contribution >= 0.6 is 0 Å². The number of carbonyl (C=O) groups is 1. The number of anilines is 2. The van der Waals surface area contributed by atoms with Gasteiger partial charge in [-0.15, -0.1) is 0 Å². The van der Waals surface area contributed by atoms with Crippen LogP contribution in [0.5, 0.6) is 17.2 Å². The molecule has 0 saturated heterocycles. The van der Waals surface area contributed by atoms with Crippen LogP contribution in [-0.4, -0.2) is 46.4 Å². The van der Waals surface area contributed by atoms with Crippen LogP contribution < -0.4 is 24.0 Å². The Bertz CT molecular complexity index is 830. The topological polar surface area (TPSA) is 94.4 Å². The van der Waals surface area contributed by atoms with Crippen molar-refractivity contribution in [2.75, 3.05) is 45.2 Å². The van der Waals surface area contributed by atoms with Crippen LogP contribution in [0.25, 0.3) is 0 Å². The highest BCUT2D eigenvalue weighted by molar-refractivity contribution is 6.03. The second kappa shape index (κ2) is 8.26. The molecule has 0 unspecified atom stereocenters. The number of hydrogen-bond acceptors (Lipinski definition) is 6. The molecular formula is C18H21N3O6. The summed E-state index contributed by atoms with van der Waals surface area (Å²) < 4.78 is 15.9. The first kappa shape index (κ1) is 19.8. The molecule has 2 amide bonds. The second-order valence-corrected chi connectivity index (χ2v) is 5.56. The van der Waals surface area contributed by atoms with E-state index in [9.17, 15) is 14.9 Å². The minimum absolute atomic E-state index is 0.0948. The lowest BCUT2D eigenvalue weighted by Gasteiger charge is -2.26. The molecule has 9 nitrogen and oxygen atoms in total. The molecule has 0 bridgehead atoms. The van der Waals surface area contributed by atoms with Crippen molar-refractivity contribution in [2.45, 2.75) is 0 Å². The number of methoxy groups -OCH3 is 3. The van der Waals surface area contributed by atoms with Crippen molar-refractivity contribution >= 4 is 23.1 Å². The maximum atomic E-state index is 12.8. The first-order valence-electron chi connectivity index (χ1n) is 7.89. The van der Waals surface area contributed by atoms with Gasteiger partial charge in [0, 0.05) is 38.4 Å². The van der Waals surface area contributed by atoms with Crippen molar-refractivity contribution < 1.29 is 23.9 Å². The van der Waals surface area contributed by atoms with Crippen molar-refractivity contribution in [3.63, 3.8) is 0 Å². The van der Waals surface area contributed by atoms with Crippen LogP contribution in [0.2, 0.25) is 0 Å². The van der Waals surface area contributed by atoms with Gasteiger partial charge in [-0.1, -0.05) is 6.07 Å². The van der Waals surface area contributed by atoms with Crippen molar-refractivity contribution in [3.05, 3.63) is 46.5 Å². The van der Waals surface area contributed by atoms with Crippen molar-refractivity contribution in [1.82, 2.24) is 0 Å². The van der Waals surface area contributed by atoms with Gasteiger partial charge in [-0.2, -0.15) is 0 Å². The lowest BCUT2D eigenvalue weighted by atomic mass is 10.2. The molecule has 0 saturated carbocycles. The molecule has 0 aliphatic carbocycles. The highest BCUT2D eigenvalue weighted by atomic mass is 16.6. The summed E-state index contributed by atoms with van der Waals surface area (Å²) in [5, 5.41) is 11.0. The average Bonchev–Trinajstić information content (AvgIpc) is 2.70. The number of nitrogens with zero attached hydrogens (tertiary/aromatic N) is 3. The number of rotatable bonds is 6. The standard InChI is InChI=1S/C18H21N3O6/c1-19(12-7-6-8-13(9-12)21(23)24)18(22)20(2)14-10-15(25-3)17(27-5)16(11-14)26-4/h6-11H,1-5H3. The van der Waals surface area contributed by atoms with Crippen molar-refractivity contribution in [3.8, 4) is 17.2 Å². The molecule has 0 fully saturated rings. The molecule has 9 heteroatoms. The smallest absolute Gasteiger partial charge is 0.328 e. The normalized spacial score (nSPS) is 10.1. The quantitative estimate of drug-likeness (QED) is 0.568. The summed E-state index contributed by atoms with van der Waals surface area (Å²) in [4.78, 5) is 26.0. The summed E-state index contributed by atoms with van der Waals surface area (Å²) in [5.74, 6) is 1.23. The Morgan fingerprint density at radius 1 is 0.926 bits per heavy atom. The summed E-state index contributed by atoms with van der Waals surface area (Å²) in [7, 11) is 7.58. The molecule has 2 aromatic rings. The zero-order valence-corrected chi connectivity index (χ0v) is 15.8. The number of benzene rings is 2. The van der Waals surface area contributed by atoms with E-state index in [0.717, 1.165) is 0 Å². The molecule has 0 N–H and O–H groups in total. The van der Waals surface area contributed by atoms with Gasteiger partial charge >= 0.3 is 6.03 Å². The third-order valence-electron chi connectivity index (χ3n) is 4.04. The molecule has 0 aliphatic heterocycles. The van der Waals surface area contributed by atoms with Gasteiger partial charge < -0.3 is 14.2 Å².